The van der Waals surface area contributed by atoms with Crippen molar-refractivity contribution in [3.63, 3.8) is 0 Å². The van der Waals surface area contributed by atoms with E-state index in [-0.39, 0.29) is 13.1 Å². The van der Waals surface area contributed by atoms with Crippen LogP contribution in [0.2, 0.25) is 0 Å². The van der Waals surface area contributed by atoms with Crippen LogP contribution >= 0.6 is 15.9 Å². The molecule has 23 heavy (non-hydrogen) atoms. The van der Waals surface area contributed by atoms with Crippen molar-refractivity contribution in [2.75, 3.05) is 25.0 Å². The van der Waals surface area contributed by atoms with E-state index in [9.17, 15) is 4.79 Å². The lowest BCUT2D eigenvalue weighted by Crippen LogP contribution is -2.52. The summed E-state index contributed by atoms with van der Waals surface area (Å²) in [7, 11) is 0. The van der Waals surface area contributed by atoms with E-state index in [2.05, 4.69) is 26.2 Å². The minimum Gasteiger partial charge on any atom is -0.444 e. The molecule has 0 saturated carbocycles. The van der Waals surface area contributed by atoms with E-state index in [1.165, 1.54) is 4.90 Å². The minimum atomic E-state index is -1.48. The van der Waals surface area contributed by atoms with Crippen molar-refractivity contribution in [3.8, 4) is 0 Å². The molecular weight excluding hydrogens is 365 g/mol. The number of nitrogens with zero attached hydrogens (tertiary/aromatic N) is 2. The monoisotopic (exact) mass is 387 g/mol. The van der Waals surface area contributed by atoms with Crippen molar-refractivity contribution in [2.45, 2.75) is 44.9 Å². The van der Waals surface area contributed by atoms with Gasteiger partial charge in [-0.25, -0.2) is 14.2 Å². The first-order valence-corrected chi connectivity index (χ1v) is 8.48. The standard InChI is InChI=1S/C16H23BrFN3O2/c1-15(2,3)23-14(22)21-8-4-7-16(18,11-21)10-20-13-6-5-12(17)9-19-13/h5-6,9H,4,7-8,10-11H2,1-3H3,(H,19,20)/t16-/m0/s1. The summed E-state index contributed by atoms with van der Waals surface area (Å²) in [6.45, 7) is 6.08. The SMILES string of the molecule is CC(C)(C)OC(=O)N1CCC[C@](F)(CNc2ccc(Br)cn2)C1. The van der Waals surface area contributed by atoms with Crippen LogP contribution in [0.1, 0.15) is 33.6 Å². The molecule has 1 aliphatic heterocycles. The van der Waals surface area contributed by atoms with Gasteiger partial charge in [0.2, 0.25) is 0 Å². The van der Waals surface area contributed by atoms with Crippen molar-refractivity contribution in [3.05, 3.63) is 22.8 Å². The fraction of sp³-hybridized carbons (Fsp3) is 0.625. The highest BCUT2D eigenvalue weighted by Crippen LogP contribution is 2.27. The number of nitrogens with one attached hydrogen (secondary N) is 1. The molecule has 1 aromatic rings. The molecule has 2 rings (SSSR count). The van der Waals surface area contributed by atoms with Crippen LogP contribution in [-0.2, 0) is 4.74 Å². The fourth-order valence-corrected chi connectivity index (χ4v) is 2.68. The third kappa shape index (κ3) is 5.64. The number of halogens is 2. The Hall–Kier alpha value is -1.37. The molecule has 0 bridgehead atoms. The van der Waals surface area contributed by atoms with Gasteiger partial charge >= 0.3 is 6.09 Å². The van der Waals surface area contributed by atoms with E-state index < -0.39 is 17.4 Å². The van der Waals surface area contributed by atoms with Gasteiger partial charge in [0.1, 0.15) is 17.1 Å². The number of pyridine rings is 1. The summed E-state index contributed by atoms with van der Waals surface area (Å²) in [5.74, 6) is 0.611. The fourth-order valence-electron chi connectivity index (χ4n) is 2.44. The Morgan fingerprint density at radius 3 is 2.87 bits per heavy atom. The minimum absolute atomic E-state index is 0.0332. The molecule has 1 aliphatic rings. The Bertz CT molecular complexity index is 547. The van der Waals surface area contributed by atoms with Crippen LogP contribution in [0.25, 0.3) is 0 Å². The Kier molecular flexibility index (Phi) is 5.49. The van der Waals surface area contributed by atoms with E-state index in [1.807, 2.05) is 6.07 Å². The predicted molar refractivity (Wildman–Crippen MR) is 91.3 cm³/mol. The van der Waals surface area contributed by atoms with E-state index in [1.54, 1.807) is 33.0 Å². The Morgan fingerprint density at radius 2 is 2.26 bits per heavy atom. The first kappa shape index (κ1) is 18.0. The largest absolute Gasteiger partial charge is 0.444 e. The number of hydrogen-bond donors (Lipinski definition) is 1. The van der Waals surface area contributed by atoms with Crippen molar-refractivity contribution >= 4 is 27.8 Å². The van der Waals surface area contributed by atoms with Crippen LogP contribution < -0.4 is 5.32 Å². The zero-order chi connectivity index (χ0) is 17.1. The maximum Gasteiger partial charge on any atom is 0.410 e. The molecule has 1 amide bonds. The predicted octanol–water partition coefficient (Wildman–Crippen LogP) is 4.00. The number of ether oxygens (including phenoxy) is 1. The zero-order valence-corrected chi connectivity index (χ0v) is 15.3. The normalized spacial score (nSPS) is 21.9. The van der Waals surface area contributed by atoms with Crippen LogP contribution in [0.15, 0.2) is 22.8 Å². The summed E-state index contributed by atoms with van der Waals surface area (Å²) in [6, 6.07) is 3.62. The third-order valence-electron chi connectivity index (χ3n) is 3.49. The molecule has 0 aromatic carbocycles. The molecule has 7 heteroatoms. The number of piperidine rings is 1. The van der Waals surface area contributed by atoms with Crippen molar-refractivity contribution in [1.82, 2.24) is 9.88 Å². The highest BCUT2D eigenvalue weighted by molar-refractivity contribution is 9.10. The molecule has 0 unspecified atom stereocenters. The number of likely N-dealkylation sites (tertiary alicyclic amines) is 1. The number of alkyl halides is 1. The van der Waals surface area contributed by atoms with Gasteiger partial charge in [-0.3, -0.25) is 0 Å². The van der Waals surface area contributed by atoms with Gasteiger partial charge in [-0.1, -0.05) is 0 Å². The summed E-state index contributed by atoms with van der Waals surface area (Å²) in [6.07, 6.45) is 2.23. The quantitative estimate of drug-likeness (QED) is 0.851. The number of carbonyl (C=O) groups excluding carboxylic acids is 1. The third-order valence-corrected chi connectivity index (χ3v) is 3.96. The molecule has 1 saturated heterocycles. The Morgan fingerprint density at radius 1 is 1.52 bits per heavy atom. The van der Waals surface area contributed by atoms with Crippen molar-refractivity contribution in [2.24, 2.45) is 0 Å². The van der Waals surface area contributed by atoms with Gasteiger partial charge in [0.15, 0.2) is 0 Å². The molecule has 2 heterocycles. The Balaban J connectivity index is 1.93. The van der Waals surface area contributed by atoms with Crippen LogP contribution in [0.4, 0.5) is 15.0 Å². The van der Waals surface area contributed by atoms with E-state index in [4.69, 9.17) is 4.74 Å². The first-order chi connectivity index (χ1) is 10.7. The summed E-state index contributed by atoms with van der Waals surface area (Å²) in [5.41, 5.74) is -2.06. The van der Waals surface area contributed by atoms with Gasteiger partial charge < -0.3 is 15.0 Å². The number of amides is 1. The smallest absolute Gasteiger partial charge is 0.410 e. The van der Waals surface area contributed by atoms with Gasteiger partial charge in [0, 0.05) is 17.2 Å². The average molecular weight is 388 g/mol. The van der Waals surface area contributed by atoms with Crippen LogP contribution in [0.3, 0.4) is 0 Å². The van der Waals surface area contributed by atoms with Gasteiger partial charge in [-0.05, 0) is 61.7 Å². The van der Waals surface area contributed by atoms with Crippen LogP contribution in [-0.4, -0.2) is 46.9 Å². The number of carbonyl (C=O) groups is 1. The van der Waals surface area contributed by atoms with Crippen molar-refractivity contribution < 1.29 is 13.9 Å². The van der Waals surface area contributed by atoms with E-state index in [0.717, 1.165) is 4.47 Å². The second-order valence-corrected chi connectivity index (χ2v) is 7.79. The maximum atomic E-state index is 15.0. The van der Waals surface area contributed by atoms with Crippen LogP contribution in [0.5, 0.6) is 0 Å². The molecular formula is C16H23BrFN3O2. The molecule has 1 fully saturated rings. The highest BCUT2D eigenvalue weighted by atomic mass is 79.9. The lowest BCUT2D eigenvalue weighted by molar-refractivity contribution is -0.00210. The second kappa shape index (κ2) is 7.03. The number of anilines is 1. The molecule has 1 aromatic heterocycles. The molecule has 0 spiro atoms. The van der Waals surface area contributed by atoms with Gasteiger partial charge in [0.05, 0.1) is 13.1 Å². The summed E-state index contributed by atoms with van der Waals surface area (Å²) in [5, 5.41) is 3.00. The lowest BCUT2D eigenvalue weighted by Gasteiger charge is -2.38. The first-order valence-electron chi connectivity index (χ1n) is 7.69. The van der Waals surface area contributed by atoms with Gasteiger partial charge in [-0.2, -0.15) is 0 Å². The van der Waals surface area contributed by atoms with E-state index >= 15 is 4.39 Å². The number of rotatable bonds is 3. The zero-order valence-electron chi connectivity index (χ0n) is 13.7. The summed E-state index contributed by atoms with van der Waals surface area (Å²) >= 11 is 3.31. The van der Waals surface area contributed by atoms with Crippen molar-refractivity contribution in [1.29, 1.82) is 0 Å². The topological polar surface area (TPSA) is 54.5 Å². The summed E-state index contributed by atoms with van der Waals surface area (Å²) in [4.78, 5) is 17.7. The Labute approximate surface area is 144 Å². The van der Waals surface area contributed by atoms with E-state index in [0.29, 0.717) is 25.2 Å². The molecule has 0 radical (unpaired) electrons. The lowest BCUT2D eigenvalue weighted by atomic mass is 9.95. The average Bonchev–Trinajstić information content (AvgIpc) is 2.45. The molecule has 1 N–H and O–H groups in total. The maximum absolute atomic E-state index is 15.0. The molecule has 0 aliphatic carbocycles. The van der Waals surface area contributed by atoms with Gasteiger partial charge in [-0.15, -0.1) is 0 Å². The number of aromatic nitrogens is 1. The number of hydrogen-bond acceptors (Lipinski definition) is 4. The van der Waals surface area contributed by atoms with Crippen LogP contribution in [0, 0.1) is 0 Å². The molecule has 5 nitrogen and oxygen atoms in total. The molecule has 1 atom stereocenters. The summed E-state index contributed by atoms with van der Waals surface area (Å²) < 4.78 is 21.2. The second-order valence-electron chi connectivity index (χ2n) is 6.87. The highest BCUT2D eigenvalue weighted by Gasteiger charge is 2.38. The van der Waals surface area contributed by atoms with Gasteiger partial charge in [0.25, 0.3) is 0 Å². The molecule has 128 valence electrons.